The zero-order valence-electron chi connectivity index (χ0n) is 11.7. The molecule has 110 valence electrons. The van der Waals surface area contributed by atoms with Crippen LogP contribution in [0.25, 0.3) is 11.1 Å². The Labute approximate surface area is 121 Å². The lowest BCUT2D eigenvalue weighted by Gasteiger charge is -2.20. The van der Waals surface area contributed by atoms with Crippen molar-refractivity contribution in [1.82, 2.24) is 10.2 Å². The summed E-state index contributed by atoms with van der Waals surface area (Å²) in [4.78, 5) is 14.4. The maximum atomic E-state index is 13.4. The Morgan fingerprint density at radius 2 is 2.10 bits per heavy atom. The minimum Gasteiger partial charge on any atom is -0.496 e. The third-order valence-electron chi connectivity index (χ3n) is 3.72. The lowest BCUT2D eigenvalue weighted by Crippen LogP contribution is -2.23. The first-order valence-corrected chi connectivity index (χ1v) is 6.87. The molecule has 0 bridgehead atoms. The summed E-state index contributed by atoms with van der Waals surface area (Å²) >= 11 is 0. The van der Waals surface area contributed by atoms with Gasteiger partial charge in [0.05, 0.1) is 24.6 Å². The van der Waals surface area contributed by atoms with Gasteiger partial charge in [0.15, 0.2) is 0 Å². The molecule has 1 aromatic heterocycles. The third-order valence-corrected chi connectivity index (χ3v) is 3.72. The summed E-state index contributed by atoms with van der Waals surface area (Å²) in [5, 5.41) is 6.34. The molecule has 1 aliphatic heterocycles. The Balaban J connectivity index is 2.20. The highest BCUT2D eigenvalue weighted by Crippen LogP contribution is 2.35. The molecule has 1 fully saturated rings. The fraction of sp³-hybridized carbons (Fsp3) is 0.333. The Kier molecular flexibility index (Phi) is 3.60. The summed E-state index contributed by atoms with van der Waals surface area (Å²) in [5.41, 5.74) is 1.51. The fourth-order valence-electron chi connectivity index (χ4n) is 2.72. The summed E-state index contributed by atoms with van der Waals surface area (Å²) in [6.45, 7) is 1.78. The monoisotopic (exact) mass is 289 g/mol. The van der Waals surface area contributed by atoms with Crippen molar-refractivity contribution >= 4 is 5.69 Å². The zero-order valence-corrected chi connectivity index (χ0v) is 11.7. The van der Waals surface area contributed by atoms with Crippen LogP contribution in [-0.2, 0) is 0 Å². The summed E-state index contributed by atoms with van der Waals surface area (Å²) in [6, 6.07) is 4.17. The Hall–Kier alpha value is -2.37. The highest BCUT2D eigenvalue weighted by molar-refractivity contribution is 5.81. The number of methoxy groups -OCH3 is 1. The van der Waals surface area contributed by atoms with E-state index in [0.717, 1.165) is 31.6 Å². The predicted molar refractivity (Wildman–Crippen MR) is 78.3 cm³/mol. The number of benzene rings is 1. The highest BCUT2D eigenvalue weighted by Gasteiger charge is 2.21. The van der Waals surface area contributed by atoms with Crippen LogP contribution in [0, 0.1) is 5.82 Å². The van der Waals surface area contributed by atoms with E-state index in [0.29, 0.717) is 16.9 Å². The molecule has 6 heteroatoms. The van der Waals surface area contributed by atoms with Crippen LogP contribution in [0.1, 0.15) is 12.8 Å². The van der Waals surface area contributed by atoms with Gasteiger partial charge in [-0.05, 0) is 25.0 Å². The molecule has 0 unspecified atom stereocenters. The van der Waals surface area contributed by atoms with E-state index >= 15 is 0 Å². The molecule has 1 aliphatic rings. The number of nitrogens with zero attached hydrogens (tertiary/aromatic N) is 2. The second-order valence-electron chi connectivity index (χ2n) is 5.00. The van der Waals surface area contributed by atoms with E-state index in [2.05, 4.69) is 15.1 Å². The average molecular weight is 289 g/mol. The minimum absolute atomic E-state index is 0.302. The molecule has 0 atom stereocenters. The van der Waals surface area contributed by atoms with Gasteiger partial charge in [-0.15, -0.1) is 0 Å². The van der Waals surface area contributed by atoms with Crippen molar-refractivity contribution in [2.45, 2.75) is 12.8 Å². The maximum absolute atomic E-state index is 13.4. The second kappa shape index (κ2) is 5.55. The Morgan fingerprint density at radius 3 is 2.81 bits per heavy atom. The molecular formula is C15H16FN3O2. The number of hydrogen-bond donors (Lipinski definition) is 1. The normalized spacial score (nSPS) is 14.5. The lowest BCUT2D eigenvalue weighted by molar-refractivity contribution is 0.413. The number of ether oxygens (including phenoxy) is 1. The van der Waals surface area contributed by atoms with Crippen molar-refractivity contribution in [3.63, 3.8) is 0 Å². The van der Waals surface area contributed by atoms with Crippen LogP contribution in [-0.4, -0.2) is 30.4 Å². The van der Waals surface area contributed by atoms with Crippen molar-refractivity contribution in [3.05, 3.63) is 40.6 Å². The molecular weight excluding hydrogens is 273 g/mol. The van der Waals surface area contributed by atoms with Crippen molar-refractivity contribution < 1.29 is 9.13 Å². The van der Waals surface area contributed by atoms with E-state index in [4.69, 9.17) is 4.74 Å². The molecule has 0 spiro atoms. The van der Waals surface area contributed by atoms with Gasteiger partial charge >= 0.3 is 0 Å². The Bertz CT molecular complexity index is 708. The van der Waals surface area contributed by atoms with Crippen molar-refractivity contribution in [2.24, 2.45) is 0 Å². The topological polar surface area (TPSA) is 58.2 Å². The van der Waals surface area contributed by atoms with Gasteiger partial charge in [0.2, 0.25) is 0 Å². The van der Waals surface area contributed by atoms with E-state index in [1.54, 1.807) is 12.3 Å². The minimum atomic E-state index is -0.399. The fourth-order valence-corrected chi connectivity index (χ4v) is 2.72. The van der Waals surface area contributed by atoms with Crippen LogP contribution in [0.2, 0.25) is 0 Å². The number of aromatic amines is 1. The molecule has 1 N–H and O–H groups in total. The van der Waals surface area contributed by atoms with Crippen LogP contribution < -0.4 is 15.2 Å². The number of rotatable bonds is 3. The molecule has 1 aromatic carbocycles. The van der Waals surface area contributed by atoms with Crippen LogP contribution in [0.4, 0.5) is 10.1 Å². The first-order valence-electron chi connectivity index (χ1n) is 6.87. The summed E-state index contributed by atoms with van der Waals surface area (Å²) in [5.74, 6) is -0.0593. The maximum Gasteiger partial charge on any atom is 0.274 e. The van der Waals surface area contributed by atoms with E-state index in [1.165, 1.54) is 19.2 Å². The first kappa shape index (κ1) is 13.6. The van der Waals surface area contributed by atoms with Crippen molar-refractivity contribution in [3.8, 4) is 16.9 Å². The number of anilines is 1. The van der Waals surface area contributed by atoms with E-state index in [-0.39, 0.29) is 5.56 Å². The number of aromatic nitrogens is 2. The SMILES string of the molecule is COc1cc(F)ccc1-c1c(N2CCCC2)cn[nH]c1=O. The molecule has 1 saturated heterocycles. The van der Waals surface area contributed by atoms with Gasteiger partial charge in [0, 0.05) is 24.7 Å². The van der Waals surface area contributed by atoms with Crippen LogP contribution in [0.15, 0.2) is 29.2 Å². The molecule has 0 amide bonds. The van der Waals surface area contributed by atoms with Gasteiger partial charge in [-0.2, -0.15) is 5.10 Å². The second-order valence-corrected chi connectivity index (χ2v) is 5.00. The van der Waals surface area contributed by atoms with Gasteiger partial charge in [-0.3, -0.25) is 4.79 Å². The van der Waals surface area contributed by atoms with Crippen LogP contribution in [0.5, 0.6) is 5.75 Å². The molecule has 2 aromatic rings. The summed E-state index contributed by atoms with van der Waals surface area (Å²) in [6.07, 6.45) is 3.82. The van der Waals surface area contributed by atoms with Crippen LogP contribution in [0.3, 0.4) is 0 Å². The van der Waals surface area contributed by atoms with Crippen molar-refractivity contribution in [2.75, 3.05) is 25.1 Å². The van der Waals surface area contributed by atoms with Gasteiger partial charge in [-0.1, -0.05) is 0 Å². The molecule has 21 heavy (non-hydrogen) atoms. The number of H-pyrrole nitrogens is 1. The molecule has 3 rings (SSSR count). The summed E-state index contributed by atoms with van der Waals surface area (Å²) in [7, 11) is 1.46. The largest absolute Gasteiger partial charge is 0.496 e. The van der Waals surface area contributed by atoms with Gasteiger partial charge in [-0.25, -0.2) is 9.49 Å². The number of halogens is 1. The Morgan fingerprint density at radius 1 is 1.33 bits per heavy atom. The lowest BCUT2D eigenvalue weighted by atomic mass is 10.0. The van der Waals surface area contributed by atoms with E-state index in [1.807, 2.05) is 0 Å². The highest BCUT2D eigenvalue weighted by atomic mass is 19.1. The van der Waals surface area contributed by atoms with E-state index < -0.39 is 5.82 Å². The smallest absolute Gasteiger partial charge is 0.274 e. The quantitative estimate of drug-likeness (QED) is 0.941. The number of hydrogen-bond acceptors (Lipinski definition) is 4. The third kappa shape index (κ3) is 2.49. The molecule has 0 aliphatic carbocycles. The van der Waals surface area contributed by atoms with Crippen LogP contribution >= 0.6 is 0 Å². The molecule has 0 saturated carbocycles. The number of nitrogens with one attached hydrogen (secondary N) is 1. The molecule has 0 radical (unpaired) electrons. The van der Waals surface area contributed by atoms with Gasteiger partial charge in [0.1, 0.15) is 11.6 Å². The molecule has 2 heterocycles. The zero-order chi connectivity index (χ0) is 14.8. The molecule has 5 nitrogen and oxygen atoms in total. The summed E-state index contributed by atoms with van der Waals surface area (Å²) < 4.78 is 18.6. The van der Waals surface area contributed by atoms with Gasteiger partial charge < -0.3 is 9.64 Å². The van der Waals surface area contributed by atoms with Gasteiger partial charge in [0.25, 0.3) is 5.56 Å². The standard InChI is InChI=1S/C15H16FN3O2/c1-21-13-8-10(16)4-5-11(13)14-12(9-17-18-15(14)20)19-6-2-3-7-19/h4-5,8-9H,2-3,6-7H2,1H3,(H,18,20). The van der Waals surface area contributed by atoms with Crippen molar-refractivity contribution in [1.29, 1.82) is 0 Å². The first-order chi connectivity index (χ1) is 10.2. The predicted octanol–water partition coefficient (Wildman–Crippen LogP) is 2.18. The van der Waals surface area contributed by atoms with E-state index in [9.17, 15) is 9.18 Å². The average Bonchev–Trinajstić information content (AvgIpc) is 3.01.